The largest absolute Gasteiger partial charge is 0.455 e. The zero-order valence-electron chi connectivity index (χ0n) is 16.2. The monoisotopic (exact) mass is 400 g/mol. The standard InChI is InChI=1S/C24H20N2O4/c27-21-15-26(20-14-8-7-13-19(20)25-21)22(28)16-30-24(29)23(17-9-3-1-4-10-17)18-11-5-2-6-12-18/h1-14,23H,15-16H2,(H,25,27). The van der Waals surface area contributed by atoms with Crippen LogP contribution in [0.25, 0.3) is 0 Å². The van der Waals surface area contributed by atoms with Crippen molar-refractivity contribution >= 4 is 29.2 Å². The number of anilines is 2. The molecule has 150 valence electrons. The van der Waals surface area contributed by atoms with E-state index in [-0.39, 0.29) is 12.5 Å². The van der Waals surface area contributed by atoms with E-state index in [1.807, 2.05) is 60.7 Å². The van der Waals surface area contributed by atoms with Gasteiger partial charge in [-0.05, 0) is 23.3 Å². The van der Waals surface area contributed by atoms with Gasteiger partial charge in [-0.1, -0.05) is 72.8 Å². The number of nitrogens with zero attached hydrogens (tertiary/aromatic N) is 1. The molecular weight excluding hydrogens is 380 g/mol. The van der Waals surface area contributed by atoms with Crippen molar-refractivity contribution in [1.82, 2.24) is 0 Å². The van der Waals surface area contributed by atoms with Gasteiger partial charge in [0.2, 0.25) is 5.91 Å². The number of para-hydroxylation sites is 2. The molecule has 0 saturated carbocycles. The van der Waals surface area contributed by atoms with Crippen molar-refractivity contribution in [3.63, 3.8) is 0 Å². The van der Waals surface area contributed by atoms with Gasteiger partial charge in [0.05, 0.1) is 11.4 Å². The Morgan fingerprint density at radius 1 is 0.867 bits per heavy atom. The Morgan fingerprint density at radius 3 is 2.07 bits per heavy atom. The molecule has 1 aliphatic rings. The maximum Gasteiger partial charge on any atom is 0.318 e. The highest BCUT2D eigenvalue weighted by molar-refractivity contribution is 6.10. The fraction of sp³-hybridized carbons (Fsp3) is 0.125. The molecule has 2 amide bonds. The number of carbonyl (C=O) groups excluding carboxylic acids is 3. The van der Waals surface area contributed by atoms with Gasteiger partial charge < -0.3 is 10.1 Å². The van der Waals surface area contributed by atoms with Crippen LogP contribution in [0, 0.1) is 0 Å². The number of rotatable bonds is 5. The molecule has 3 aromatic carbocycles. The van der Waals surface area contributed by atoms with Crippen molar-refractivity contribution in [1.29, 1.82) is 0 Å². The second-order valence-corrected chi connectivity index (χ2v) is 6.91. The smallest absolute Gasteiger partial charge is 0.318 e. The van der Waals surface area contributed by atoms with Gasteiger partial charge in [-0.15, -0.1) is 0 Å². The molecule has 6 heteroatoms. The lowest BCUT2D eigenvalue weighted by atomic mass is 9.91. The molecule has 4 rings (SSSR count). The van der Waals surface area contributed by atoms with Crippen molar-refractivity contribution < 1.29 is 19.1 Å². The molecule has 1 aliphatic heterocycles. The summed E-state index contributed by atoms with van der Waals surface area (Å²) in [7, 11) is 0. The average molecular weight is 400 g/mol. The first-order valence-corrected chi connectivity index (χ1v) is 9.59. The summed E-state index contributed by atoms with van der Waals surface area (Å²) in [6.45, 7) is -0.565. The van der Waals surface area contributed by atoms with Gasteiger partial charge in [-0.2, -0.15) is 0 Å². The third-order valence-corrected chi connectivity index (χ3v) is 4.91. The molecular formula is C24H20N2O4. The Kier molecular flexibility index (Phi) is 5.57. The van der Waals surface area contributed by atoms with Gasteiger partial charge in [0.1, 0.15) is 12.5 Å². The van der Waals surface area contributed by atoms with Crippen molar-refractivity contribution in [3.8, 4) is 0 Å². The summed E-state index contributed by atoms with van der Waals surface area (Å²) in [5.41, 5.74) is 2.70. The number of amides is 2. The van der Waals surface area contributed by atoms with E-state index < -0.39 is 24.4 Å². The minimum Gasteiger partial charge on any atom is -0.455 e. The third kappa shape index (κ3) is 4.07. The van der Waals surface area contributed by atoms with E-state index in [2.05, 4.69) is 5.32 Å². The molecule has 0 atom stereocenters. The molecule has 0 fully saturated rings. The number of hydrogen-bond donors (Lipinski definition) is 1. The summed E-state index contributed by atoms with van der Waals surface area (Å²) < 4.78 is 5.42. The van der Waals surface area contributed by atoms with Crippen LogP contribution in [0.1, 0.15) is 17.0 Å². The molecule has 0 radical (unpaired) electrons. The van der Waals surface area contributed by atoms with E-state index in [0.717, 1.165) is 11.1 Å². The van der Waals surface area contributed by atoms with Crippen LogP contribution >= 0.6 is 0 Å². The number of carbonyl (C=O) groups is 3. The van der Waals surface area contributed by atoms with Crippen molar-refractivity contribution in [2.24, 2.45) is 0 Å². The lowest BCUT2D eigenvalue weighted by molar-refractivity contribution is -0.148. The Balaban J connectivity index is 1.52. The van der Waals surface area contributed by atoms with Gasteiger partial charge in [0.25, 0.3) is 5.91 Å². The van der Waals surface area contributed by atoms with Crippen LogP contribution in [0.3, 0.4) is 0 Å². The highest BCUT2D eigenvalue weighted by atomic mass is 16.5. The van der Waals surface area contributed by atoms with Crippen molar-refractivity contribution in [3.05, 3.63) is 96.1 Å². The zero-order chi connectivity index (χ0) is 20.9. The number of ether oxygens (including phenoxy) is 1. The summed E-state index contributed by atoms with van der Waals surface area (Å²) in [6.07, 6.45) is 0. The highest BCUT2D eigenvalue weighted by Crippen LogP contribution is 2.29. The van der Waals surface area contributed by atoms with Crippen molar-refractivity contribution in [2.45, 2.75) is 5.92 Å². The van der Waals surface area contributed by atoms with Gasteiger partial charge >= 0.3 is 5.97 Å². The van der Waals surface area contributed by atoms with Crippen LogP contribution < -0.4 is 10.2 Å². The third-order valence-electron chi connectivity index (χ3n) is 4.91. The minimum absolute atomic E-state index is 0.117. The second kappa shape index (κ2) is 8.61. The average Bonchev–Trinajstić information content (AvgIpc) is 2.78. The number of nitrogens with one attached hydrogen (secondary N) is 1. The molecule has 0 aromatic heterocycles. The van der Waals surface area contributed by atoms with Gasteiger partial charge in [0, 0.05) is 0 Å². The van der Waals surface area contributed by atoms with E-state index >= 15 is 0 Å². The predicted molar refractivity (Wildman–Crippen MR) is 113 cm³/mol. The lowest BCUT2D eigenvalue weighted by Gasteiger charge is -2.29. The number of hydrogen-bond acceptors (Lipinski definition) is 4. The molecule has 0 spiro atoms. The van der Waals surface area contributed by atoms with Gasteiger partial charge in [-0.3, -0.25) is 19.3 Å². The summed E-state index contributed by atoms with van der Waals surface area (Å²) >= 11 is 0. The Labute approximate surface area is 174 Å². The van der Waals surface area contributed by atoms with Gasteiger partial charge in [0.15, 0.2) is 6.61 Å². The van der Waals surface area contributed by atoms with Crippen LogP contribution in [-0.2, 0) is 19.1 Å². The molecule has 1 N–H and O–H groups in total. The first kappa shape index (κ1) is 19.4. The van der Waals surface area contributed by atoms with E-state index in [1.54, 1.807) is 24.3 Å². The zero-order valence-corrected chi connectivity index (χ0v) is 16.2. The fourth-order valence-corrected chi connectivity index (χ4v) is 3.51. The normalized spacial score (nSPS) is 12.8. The number of benzene rings is 3. The van der Waals surface area contributed by atoms with Crippen LogP contribution in [0.15, 0.2) is 84.9 Å². The Morgan fingerprint density at radius 2 is 1.43 bits per heavy atom. The molecule has 0 saturated heterocycles. The van der Waals surface area contributed by atoms with Crippen LogP contribution in [0.2, 0.25) is 0 Å². The Bertz CT molecular complexity index is 1030. The molecule has 30 heavy (non-hydrogen) atoms. The topological polar surface area (TPSA) is 75.7 Å². The molecule has 3 aromatic rings. The number of fused-ring (bicyclic) bond motifs is 1. The second-order valence-electron chi connectivity index (χ2n) is 6.91. The maximum atomic E-state index is 13.0. The molecule has 0 unspecified atom stereocenters. The van der Waals surface area contributed by atoms with Crippen LogP contribution in [-0.4, -0.2) is 30.9 Å². The Hall–Kier alpha value is -3.93. The van der Waals surface area contributed by atoms with Crippen LogP contribution in [0.4, 0.5) is 11.4 Å². The molecule has 1 heterocycles. The quantitative estimate of drug-likeness (QED) is 0.667. The van der Waals surface area contributed by atoms with Gasteiger partial charge in [-0.25, -0.2) is 0 Å². The summed E-state index contributed by atoms with van der Waals surface area (Å²) in [6, 6.07) is 25.6. The van der Waals surface area contributed by atoms with E-state index in [4.69, 9.17) is 4.74 Å². The van der Waals surface area contributed by atoms with E-state index in [9.17, 15) is 14.4 Å². The van der Waals surface area contributed by atoms with Crippen LogP contribution in [0.5, 0.6) is 0 Å². The molecule has 0 aliphatic carbocycles. The summed E-state index contributed by atoms with van der Waals surface area (Å²) in [5.74, 6) is -1.90. The fourth-order valence-electron chi connectivity index (χ4n) is 3.51. The van der Waals surface area contributed by atoms with Crippen molar-refractivity contribution in [2.75, 3.05) is 23.4 Å². The summed E-state index contributed by atoms with van der Waals surface area (Å²) in [4.78, 5) is 39.0. The molecule has 0 bridgehead atoms. The number of esters is 1. The first-order valence-electron chi connectivity index (χ1n) is 9.59. The highest BCUT2D eigenvalue weighted by Gasteiger charge is 2.29. The lowest BCUT2D eigenvalue weighted by Crippen LogP contribution is -2.44. The van der Waals surface area contributed by atoms with E-state index in [1.165, 1.54) is 4.90 Å². The minimum atomic E-state index is -0.642. The predicted octanol–water partition coefficient (Wildman–Crippen LogP) is 3.35. The summed E-state index contributed by atoms with van der Waals surface area (Å²) in [5, 5.41) is 2.73. The molecule has 6 nitrogen and oxygen atoms in total. The SMILES string of the molecule is O=C1CN(C(=O)COC(=O)C(c2ccccc2)c2ccccc2)c2ccccc2N1. The van der Waals surface area contributed by atoms with E-state index in [0.29, 0.717) is 11.4 Å². The maximum absolute atomic E-state index is 13.0. The first-order chi connectivity index (χ1) is 14.6.